The minimum Gasteiger partial charge on any atom is -0.325 e. The number of hydrogen-bond donors (Lipinski definition) is 1. The van der Waals surface area contributed by atoms with E-state index in [-0.39, 0.29) is 5.54 Å². The van der Waals surface area contributed by atoms with Gasteiger partial charge in [0.2, 0.25) is 0 Å². The van der Waals surface area contributed by atoms with Crippen molar-refractivity contribution in [2.24, 2.45) is 5.73 Å². The van der Waals surface area contributed by atoms with Crippen LogP contribution in [0.5, 0.6) is 0 Å². The van der Waals surface area contributed by atoms with Gasteiger partial charge in [0, 0.05) is 16.5 Å². The maximum absolute atomic E-state index is 6.13. The summed E-state index contributed by atoms with van der Waals surface area (Å²) < 4.78 is 0. The van der Waals surface area contributed by atoms with Crippen LogP contribution in [-0.2, 0) is 0 Å². The quantitative estimate of drug-likeness (QED) is 0.772. The lowest BCUT2D eigenvalue weighted by atomic mass is 10.1. The first kappa shape index (κ1) is 9.04. The number of hydrogen-bond acceptors (Lipinski definition) is 1. The normalized spacial score (nSPS) is 31.8. The van der Waals surface area contributed by atoms with Gasteiger partial charge in [-0.3, -0.25) is 0 Å². The van der Waals surface area contributed by atoms with Crippen molar-refractivity contribution in [2.75, 3.05) is 0 Å². The maximum atomic E-state index is 6.13. The van der Waals surface area contributed by atoms with E-state index in [2.05, 4.69) is 13.0 Å². The number of nitrogens with two attached hydrogens (primary N) is 1. The van der Waals surface area contributed by atoms with Gasteiger partial charge in [0.15, 0.2) is 0 Å². The summed E-state index contributed by atoms with van der Waals surface area (Å²) in [5.41, 5.74) is 7.46. The standard InChI is InChI=1S/C11H14ClN/c1-2-11(13)7-10(11)8-4-3-5-9(12)6-8/h3-6,10H,2,7,13H2,1H3/t10-,11+/m1/s1. The van der Waals surface area contributed by atoms with Crippen molar-refractivity contribution in [1.29, 1.82) is 0 Å². The van der Waals surface area contributed by atoms with E-state index in [4.69, 9.17) is 17.3 Å². The average molecular weight is 196 g/mol. The van der Waals surface area contributed by atoms with Gasteiger partial charge in [-0.2, -0.15) is 0 Å². The van der Waals surface area contributed by atoms with Gasteiger partial charge in [-0.05, 0) is 30.5 Å². The van der Waals surface area contributed by atoms with E-state index in [1.165, 1.54) is 5.56 Å². The SMILES string of the molecule is CC[C@]1(N)C[C@@H]1c1cccc(Cl)c1. The smallest absolute Gasteiger partial charge is 0.0408 e. The Labute approximate surface area is 83.9 Å². The van der Waals surface area contributed by atoms with Crippen molar-refractivity contribution in [3.8, 4) is 0 Å². The lowest BCUT2D eigenvalue weighted by molar-refractivity contribution is 0.626. The molecular weight excluding hydrogens is 182 g/mol. The van der Waals surface area contributed by atoms with Crippen LogP contribution in [0.2, 0.25) is 5.02 Å². The highest BCUT2D eigenvalue weighted by Gasteiger charge is 2.49. The zero-order valence-electron chi connectivity index (χ0n) is 7.76. The summed E-state index contributed by atoms with van der Waals surface area (Å²) in [6, 6.07) is 8.03. The van der Waals surface area contributed by atoms with Gasteiger partial charge < -0.3 is 5.73 Å². The monoisotopic (exact) mass is 195 g/mol. The Hall–Kier alpha value is -0.530. The van der Waals surface area contributed by atoms with Crippen molar-refractivity contribution in [3.05, 3.63) is 34.9 Å². The predicted molar refractivity (Wildman–Crippen MR) is 56.0 cm³/mol. The largest absolute Gasteiger partial charge is 0.325 e. The molecule has 0 bridgehead atoms. The summed E-state index contributed by atoms with van der Waals surface area (Å²) in [4.78, 5) is 0. The summed E-state index contributed by atoms with van der Waals surface area (Å²) in [5, 5.41) is 0.808. The fraction of sp³-hybridized carbons (Fsp3) is 0.455. The summed E-state index contributed by atoms with van der Waals surface area (Å²) in [6.07, 6.45) is 2.15. The maximum Gasteiger partial charge on any atom is 0.0408 e. The topological polar surface area (TPSA) is 26.0 Å². The van der Waals surface area contributed by atoms with Crippen LogP contribution in [0.1, 0.15) is 31.2 Å². The molecule has 0 heterocycles. The van der Waals surface area contributed by atoms with E-state index in [0.29, 0.717) is 5.92 Å². The van der Waals surface area contributed by atoms with E-state index in [9.17, 15) is 0 Å². The summed E-state index contributed by atoms with van der Waals surface area (Å²) >= 11 is 5.91. The van der Waals surface area contributed by atoms with Gasteiger partial charge in [0.05, 0.1) is 0 Å². The molecule has 0 amide bonds. The van der Waals surface area contributed by atoms with E-state index in [1.807, 2.05) is 18.2 Å². The van der Waals surface area contributed by atoms with Crippen LogP contribution in [0, 0.1) is 0 Å². The Bertz CT molecular complexity index is 324. The first-order valence-corrected chi connectivity index (χ1v) is 5.08. The first-order valence-electron chi connectivity index (χ1n) is 4.70. The molecule has 2 heteroatoms. The van der Waals surface area contributed by atoms with Crippen LogP contribution in [-0.4, -0.2) is 5.54 Å². The second-order valence-corrected chi connectivity index (χ2v) is 4.33. The molecule has 0 unspecified atom stereocenters. The molecule has 0 saturated heterocycles. The average Bonchev–Trinajstić information content (AvgIpc) is 2.79. The lowest BCUT2D eigenvalue weighted by Gasteiger charge is -2.07. The Kier molecular flexibility index (Phi) is 2.09. The van der Waals surface area contributed by atoms with Crippen molar-refractivity contribution in [3.63, 3.8) is 0 Å². The third kappa shape index (κ3) is 1.59. The second-order valence-electron chi connectivity index (χ2n) is 3.90. The second kappa shape index (κ2) is 3.00. The van der Waals surface area contributed by atoms with Crippen molar-refractivity contribution in [1.82, 2.24) is 0 Å². The van der Waals surface area contributed by atoms with Crippen LogP contribution in [0.15, 0.2) is 24.3 Å². The van der Waals surface area contributed by atoms with Gasteiger partial charge in [0.1, 0.15) is 0 Å². The molecule has 0 radical (unpaired) electrons. The van der Waals surface area contributed by atoms with E-state index < -0.39 is 0 Å². The third-order valence-electron chi connectivity index (χ3n) is 3.03. The van der Waals surface area contributed by atoms with Crippen LogP contribution in [0.3, 0.4) is 0 Å². The molecule has 70 valence electrons. The molecule has 1 aliphatic carbocycles. The van der Waals surface area contributed by atoms with Crippen molar-refractivity contribution < 1.29 is 0 Å². The first-order chi connectivity index (χ1) is 6.15. The molecule has 0 aliphatic heterocycles. The van der Waals surface area contributed by atoms with Gasteiger partial charge in [-0.15, -0.1) is 0 Å². The van der Waals surface area contributed by atoms with Gasteiger partial charge in [-0.1, -0.05) is 30.7 Å². The van der Waals surface area contributed by atoms with E-state index in [0.717, 1.165) is 17.9 Å². The molecule has 1 aromatic rings. The minimum absolute atomic E-state index is 0.0463. The number of halogens is 1. The third-order valence-corrected chi connectivity index (χ3v) is 3.26. The molecule has 1 nitrogen and oxygen atoms in total. The van der Waals surface area contributed by atoms with Crippen LogP contribution < -0.4 is 5.73 Å². The fourth-order valence-corrected chi connectivity index (χ4v) is 2.08. The molecule has 1 fully saturated rings. The van der Waals surface area contributed by atoms with Crippen molar-refractivity contribution in [2.45, 2.75) is 31.2 Å². The molecule has 1 saturated carbocycles. The zero-order valence-corrected chi connectivity index (χ0v) is 8.51. The van der Waals surface area contributed by atoms with Crippen LogP contribution in [0.25, 0.3) is 0 Å². The molecule has 0 spiro atoms. The highest BCUT2D eigenvalue weighted by Crippen LogP contribution is 2.51. The molecule has 0 aromatic heterocycles. The van der Waals surface area contributed by atoms with Gasteiger partial charge in [-0.25, -0.2) is 0 Å². The Morgan fingerprint density at radius 2 is 2.38 bits per heavy atom. The zero-order chi connectivity index (χ0) is 9.47. The molecule has 13 heavy (non-hydrogen) atoms. The summed E-state index contributed by atoms with van der Waals surface area (Å²) in [5.74, 6) is 0.524. The van der Waals surface area contributed by atoms with E-state index >= 15 is 0 Å². The molecule has 2 N–H and O–H groups in total. The van der Waals surface area contributed by atoms with Gasteiger partial charge >= 0.3 is 0 Å². The highest BCUT2D eigenvalue weighted by atomic mass is 35.5. The number of benzene rings is 1. The summed E-state index contributed by atoms with van der Waals surface area (Å²) in [7, 11) is 0. The number of rotatable bonds is 2. The Morgan fingerprint density at radius 3 is 2.92 bits per heavy atom. The predicted octanol–water partition coefficient (Wildman–Crippen LogP) is 2.93. The highest BCUT2D eigenvalue weighted by molar-refractivity contribution is 6.30. The molecule has 2 rings (SSSR count). The Balaban J connectivity index is 2.20. The van der Waals surface area contributed by atoms with Crippen molar-refractivity contribution >= 4 is 11.6 Å². The molecule has 2 atom stereocenters. The van der Waals surface area contributed by atoms with E-state index in [1.54, 1.807) is 0 Å². The summed E-state index contributed by atoms with van der Waals surface area (Å²) in [6.45, 7) is 2.14. The van der Waals surface area contributed by atoms with Crippen LogP contribution in [0.4, 0.5) is 0 Å². The lowest BCUT2D eigenvalue weighted by Crippen LogP contribution is -2.22. The fourth-order valence-electron chi connectivity index (χ4n) is 1.88. The molecule has 1 aromatic carbocycles. The minimum atomic E-state index is 0.0463. The molecule has 1 aliphatic rings. The van der Waals surface area contributed by atoms with Crippen LogP contribution >= 0.6 is 11.6 Å². The van der Waals surface area contributed by atoms with Gasteiger partial charge in [0.25, 0.3) is 0 Å². The molecular formula is C11H14ClN. The Morgan fingerprint density at radius 1 is 1.62 bits per heavy atom.